The van der Waals surface area contributed by atoms with Crippen LogP contribution in [0, 0.1) is 13.8 Å². The predicted octanol–water partition coefficient (Wildman–Crippen LogP) is 3.75. The Morgan fingerprint density at radius 1 is 1.12 bits per heavy atom. The molecule has 136 valence electrons. The van der Waals surface area contributed by atoms with Crippen LogP contribution in [0.3, 0.4) is 0 Å². The molecule has 0 saturated carbocycles. The van der Waals surface area contributed by atoms with E-state index in [0.717, 1.165) is 40.8 Å². The Labute approximate surface area is 154 Å². The lowest BCUT2D eigenvalue weighted by Crippen LogP contribution is -2.39. The molecule has 6 heteroatoms. The molecule has 3 aromatic rings. The molecular formula is C20H23N3O2S. The number of sulfonamides is 1. The lowest BCUT2D eigenvalue weighted by Gasteiger charge is -2.31. The fourth-order valence-electron chi connectivity index (χ4n) is 3.57. The number of nitrogens with zero attached hydrogens (tertiary/aromatic N) is 2. The molecule has 2 heterocycles. The minimum absolute atomic E-state index is 0.0949. The number of hydrogen-bond donors (Lipinski definition) is 1. The first-order valence-electron chi connectivity index (χ1n) is 8.97. The highest BCUT2D eigenvalue weighted by Gasteiger charge is 2.32. The summed E-state index contributed by atoms with van der Waals surface area (Å²) < 4.78 is 27.8. The highest BCUT2D eigenvalue weighted by molar-refractivity contribution is 7.89. The Bertz CT molecular complexity index is 1020. The average molecular weight is 369 g/mol. The number of hydrogen-bond acceptors (Lipinski definition) is 3. The Balaban J connectivity index is 1.62. The highest BCUT2D eigenvalue weighted by atomic mass is 32.2. The summed E-state index contributed by atoms with van der Waals surface area (Å²) in [7, 11) is -3.48. The van der Waals surface area contributed by atoms with Crippen LogP contribution in [0.2, 0.25) is 0 Å². The van der Waals surface area contributed by atoms with E-state index in [1.165, 1.54) is 0 Å². The summed E-state index contributed by atoms with van der Waals surface area (Å²) >= 11 is 0. The Morgan fingerprint density at radius 3 is 2.69 bits per heavy atom. The van der Waals surface area contributed by atoms with Gasteiger partial charge in [-0.05, 0) is 62.1 Å². The Hall–Kier alpha value is -2.18. The molecule has 0 bridgehead atoms. The maximum Gasteiger partial charge on any atom is 0.243 e. The SMILES string of the molecule is Cc1ccc(S(=O)(=O)N2CCCC(c3nc4ccccc4[nH]3)C2)cc1C. The van der Waals surface area contributed by atoms with E-state index in [1.54, 1.807) is 16.4 Å². The van der Waals surface area contributed by atoms with Crippen LogP contribution >= 0.6 is 0 Å². The number of nitrogens with one attached hydrogen (secondary N) is 1. The number of rotatable bonds is 3. The summed E-state index contributed by atoms with van der Waals surface area (Å²) in [6.45, 7) is 4.97. The molecule has 1 fully saturated rings. The van der Waals surface area contributed by atoms with Crippen molar-refractivity contribution in [3.63, 3.8) is 0 Å². The largest absolute Gasteiger partial charge is 0.342 e. The molecule has 0 spiro atoms. The molecule has 1 aromatic heterocycles. The van der Waals surface area contributed by atoms with Crippen LogP contribution in [0.25, 0.3) is 11.0 Å². The van der Waals surface area contributed by atoms with Gasteiger partial charge < -0.3 is 4.98 Å². The summed E-state index contributed by atoms with van der Waals surface area (Å²) in [5.41, 5.74) is 4.02. The first-order valence-corrected chi connectivity index (χ1v) is 10.4. The van der Waals surface area contributed by atoms with Crippen molar-refractivity contribution in [1.82, 2.24) is 14.3 Å². The molecule has 4 rings (SSSR count). The maximum absolute atomic E-state index is 13.1. The quantitative estimate of drug-likeness (QED) is 0.765. The van der Waals surface area contributed by atoms with Crippen LogP contribution in [-0.2, 0) is 10.0 Å². The predicted molar refractivity (Wildman–Crippen MR) is 103 cm³/mol. The van der Waals surface area contributed by atoms with Crippen molar-refractivity contribution in [3.8, 4) is 0 Å². The van der Waals surface area contributed by atoms with Crippen molar-refractivity contribution in [1.29, 1.82) is 0 Å². The van der Waals surface area contributed by atoms with Gasteiger partial charge in [-0.15, -0.1) is 0 Å². The van der Waals surface area contributed by atoms with Crippen molar-refractivity contribution in [2.75, 3.05) is 13.1 Å². The standard InChI is InChI=1S/C20H23N3O2S/c1-14-9-10-17(12-15(14)2)26(24,25)23-11-5-6-16(13-23)20-21-18-7-3-4-8-19(18)22-20/h3-4,7-10,12,16H,5-6,11,13H2,1-2H3,(H,21,22). The fourth-order valence-corrected chi connectivity index (χ4v) is 5.18. The van der Waals surface area contributed by atoms with E-state index in [-0.39, 0.29) is 5.92 Å². The van der Waals surface area contributed by atoms with Gasteiger partial charge in [-0.25, -0.2) is 13.4 Å². The number of piperidine rings is 1. The van der Waals surface area contributed by atoms with E-state index in [4.69, 9.17) is 0 Å². The van der Waals surface area contributed by atoms with E-state index in [2.05, 4.69) is 9.97 Å². The molecule has 2 aromatic carbocycles. The van der Waals surface area contributed by atoms with Crippen LogP contribution in [0.5, 0.6) is 0 Å². The van der Waals surface area contributed by atoms with Crippen LogP contribution < -0.4 is 0 Å². The summed E-state index contributed by atoms with van der Waals surface area (Å²) in [6, 6.07) is 13.3. The summed E-state index contributed by atoms with van der Waals surface area (Å²) in [5.74, 6) is 0.976. The number of aromatic nitrogens is 2. The first kappa shape index (κ1) is 17.2. The molecule has 1 N–H and O–H groups in total. The van der Waals surface area contributed by atoms with Gasteiger partial charge >= 0.3 is 0 Å². The van der Waals surface area contributed by atoms with Crippen molar-refractivity contribution in [2.24, 2.45) is 0 Å². The second kappa shape index (κ2) is 6.52. The lowest BCUT2D eigenvalue weighted by molar-refractivity contribution is 0.310. The van der Waals surface area contributed by atoms with Gasteiger partial charge in [0.15, 0.2) is 0 Å². The van der Waals surface area contributed by atoms with Crippen LogP contribution in [-0.4, -0.2) is 35.8 Å². The molecule has 26 heavy (non-hydrogen) atoms. The van der Waals surface area contributed by atoms with Gasteiger partial charge in [0.1, 0.15) is 5.82 Å². The number of fused-ring (bicyclic) bond motifs is 1. The van der Waals surface area contributed by atoms with Crippen molar-refractivity contribution < 1.29 is 8.42 Å². The van der Waals surface area contributed by atoms with E-state index in [1.807, 2.05) is 44.2 Å². The van der Waals surface area contributed by atoms with E-state index in [0.29, 0.717) is 18.0 Å². The minimum Gasteiger partial charge on any atom is -0.342 e. The number of aryl methyl sites for hydroxylation is 2. The summed E-state index contributed by atoms with van der Waals surface area (Å²) in [6.07, 6.45) is 1.78. The van der Waals surface area contributed by atoms with Gasteiger partial charge in [0.25, 0.3) is 0 Å². The zero-order valence-electron chi connectivity index (χ0n) is 15.1. The molecule has 1 unspecified atom stereocenters. The van der Waals surface area contributed by atoms with Gasteiger partial charge in [-0.1, -0.05) is 18.2 Å². The average Bonchev–Trinajstić information content (AvgIpc) is 3.08. The zero-order chi connectivity index (χ0) is 18.3. The number of benzene rings is 2. The van der Waals surface area contributed by atoms with E-state index < -0.39 is 10.0 Å². The third-order valence-electron chi connectivity index (χ3n) is 5.29. The molecule has 0 amide bonds. The lowest BCUT2D eigenvalue weighted by atomic mass is 9.99. The number of imidazole rings is 1. The van der Waals surface area contributed by atoms with Crippen LogP contribution in [0.15, 0.2) is 47.4 Å². The van der Waals surface area contributed by atoms with Crippen LogP contribution in [0.4, 0.5) is 0 Å². The molecule has 1 atom stereocenters. The third-order valence-corrected chi connectivity index (χ3v) is 7.16. The first-order chi connectivity index (χ1) is 12.4. The van der Waals surface area contributed by atoms with Crippen molar-refractivity contribution in [3.05, 3.63) is 59.4 Å². The van der Waals surface area contributed by atoms with E-state index >= 15 is 0 Å². The Morgan fingerprint density at radius 2 is 1.92 bits per heavy atom. The molecule has 1 aliphatic rings. The molecular weight excluding hydrogens is 346 g/mol. The summed E-state index contributed by atoms with van der Waals surface area (Å²) in [5, 5.41) is 0. The van der Waals surface area contributed by atoms with Crippen molar-refractivity contribution >= 4 is 21.1 Å². The number of H-pyrrole nitrogens is 1. The Kier molecular flexibility index (Phi) is 4.32. The molecule has 0 radical (unpaired) electrons. The van der Waals surface area contributed by atoms with Gasteiger partial charge in [0.05, 0.1) is 15.9 Å². The normalized spacial score (nSPS) is 19.1. The zero-order valence-corrected chi connectivity index (χ0v) is 15.9. The molecule has 1 aliphatic heterocycles. The molecule has 1 saturated heterocycles. The van der Waals surface area contributed by atoms with E-state index in [9.17, 15) is 8.42 Å². The molecule has 5 nitrogen and oxygen atoms in total. The number of para-hydroxylation sites is 2. The minimum atomic E-state index is -3.48. The van der Waals surface area contributed by atoms with Crippen molar-refractivity contribution in [2.45, 2.75) is 37.5 Å². The highest BCUT2D eigenvalue weighted by Crippen LogP contribution is 2.30. The van der Waals surface area contributed by atoms with Gasteiger partial charge in [0, 0.05) is 19.0 Å². The second-order valence-electron chi connectivity index (χ2n) is 7.09. The van der Waals surface area contributed by atoms with Gasteiger partial charge in [0.2, 0.25) is 10.0 Å². The third kappa shape index (κ3) is 3.04. The maximum atomic E-state index is 13.1. The topological polar surface area (TPSA) is 66.1 Å². The smallest absolute Gasteiger partial charge is 0.243 e. The van der Waals surface area contributed by atoms with Crippen LogP contribution in [0.1, 0.15) is 35.7 Å². The number of aromatic amines is 1. The molecule has 0 aliphatic carbocycles. The van der Waals surface area contributed by atoms with Gasteiger partial charge in [-0.3, -0.25) is 0 Å². The monoisotopic (exact) mass is 369 g/mol. The van der Waals surface area contributed by atoms with Gasteiger partial charge in [-0.2, -0.15) is 4.31 Å². The fraction of sp³-hybridized carbons (Fsp3) is 0.350. The summed E-state index contributed by atoms with van der Waals surface area (Å²) in [4.78, 5) is 8.42. The second-order valence-corrected chi connectivity index (χ2v) is 9.03.